The summed E-state index contributed by atoms with van der Waals surface area (Å²) in [5.74, 6) is 0.244. The van der Waals surface area contributed by atoms with Crippen molar-refractivity contribution in [2.75, 3.05) is 31.3 Å². The van der Waals surface area contributed by atoms with Crippen molar-refractivity contribution in [2.24, 2.45) is 13.0 Å². The quantitative estimate of drug-likeness (QED) is 0.257. The summed E-state index contributed by atoms with van der Waals surface area (Å²) >= 11 is 0. The predicted molar refractivity (Wildman–Crippen MR) is 167 cm³/mol. The van der Waals surface area contributed by atoms with E-state index in [0.717, 1.165) is 70.4 Å². The smallest absolute Gasteiger partial charge is 0.373 e. The molecule has 0 aliphatic carbocycles. The van der Waals surface area contributed by atoms with Crippen molar-refractivity contribution in [2.45, 2.75) is 44.0 Å². The topological polar surface area (TPSA) is 138 Å². The highest BCUT2D eigenvalue weighted by Crippen LogP contribution is 2.45. The Hall–Kier alpha value is -4.38. The average molecular weight is 617 g/mol. The number of fused-ring (bicyclic) bond motifs is 3. The number of aromatic nitrogens is 5. The molecule has 0 unspecified atom stereocenters. The molecule has 0 amide bonds. The molecule has 1 atom stereocenters. The molecule has 1 aliphatic heterocycles. The van der Waals surface area contributed by atoms with E-state index in [-0.39, 0.29) is 18.1 Å². The summed E-state index contributed by atoms with van der Waals surface area (Å²) < 4.78 is 36.5. The molecule has 1 aliphatic rings. The van der Waals surface area contributed by atoms with Gasteiger partial charge in [0.05, 0.1) is 44.3 Å². The Morgan fingerprint density at radius 1 is 1.11 bits per heavy atom. The van der Waals surface area contributed by atoms with Crippen molar-refractivity contribution in [3.63, 3.8) is 0 Å². The second-order valence-corrected chi connectivity index (χ2v) is 13.0. The molecule has 3 aromatic heterocycles. The van der Waals surface area contributed by atoms with Gasteiger partial charge in [-0.1, -0.05) is 42.5 Å². The fourth-order valence-corrected chi connectivity index (χ4v) is 7.16. The summed E-state index contributed by atoms with van der Waals surface area (Å²) in [6.07, 6.45) is 6.08. The molecule has 44 heavy (non-hydrogen) atoms. The first kappa shape index (κ1) is 31.1. The third-order valence-corrected chi connectivity index (χ3v) is 9.24. The summed E-state index contributed by atoms with van der Waals surface area (Å²) in [7, 11) is -1.70. The van der Waals surface area contributed by atoms with Crippen LogP contribution in [0.15, 0.2) is 59.6 Å². The Morgan fingerprint density at radius 3 is 2.43 bits per heavy atom. The van der Waals surface area contributed by atoms with Crippen LogP contribution < -0.4 is 5.32 Å². The maximum absolute atomic E-state index is 13.4. The van der Waals surface area contributed by atoms with E-state index in [1.165, 1.54) is 6.26 Å². The van der Waals surface area contributed by atoms with Crippen molar-refractivity contribution < 1.29 is 22.7 Å². The number of nitrogens with one attached hydrogen (secondary N) is 1. The fraction of sp³-hybridized carbons (Fsp3) is 0.375. The van der Waals surface area contributed by atoms with Crippen molar-refractivity contribution in [1.82, 2.24) is 24.5 Å². The number of hydrogen-bond acceptors (Lipinski definition) is 9. The molecule has 4 heterocycles. The van der Waals surface area contributed by atoms with E-state index in [1.54, 1.807) is 10.7 Å². The number of hydrogen-bond donors (Lipinski definition) is 1. The van der Waals surface area contributed by atoms with Crippen LogP contribution in [0.4, 0.5) is 5.69 Å². The largest absolute Gasteiger partial charge is 0.384 e. The number of aryl methyl sites for hydroxylation is 2. The van der Waals surface area contributed by atoms with Crippen molar-refractivity contribution in [3.05, 3.63) is 66.0 Å². The van der Waals surface area contributed by atoms with Gasteiger partial charge in [0.2, 0.25) is 0 Å². The molecule has 12 heteroatoms. The van der Waals surface area contributed by atoms with Gasteiger partial charge in [-0.25, -0.2) is 13.1 Å². The van der Waals surface area contributed by atoms with Crippen molar-refractivity contribution in [3.8, 4) is 11.3 Å². The van der Waals surface area contributed by atoms with E-state index in [9.17, 15) is 8.42 Å². The number of rotatable bonds is 8. The van der Waals surface area contributed by atoms with Gasteiger partial charge in [0.1, 0.15) is 0 Å². The van der Waals surface area contributed by atoms with Gasteiger partial charge in [-0.3, -0.25) is 4.98 Å². The van der Waals surface area contributed by atoms with Crippen LogP contribution in [0.2, 0.25) is 0 Å². The molecule has 5 aromatic rings. The number of pyridine rings is 1. The molecule has 230 valence electrons. The number of sulfone groups is 1. The standard InChI is InChI=1S/C31H36N6O3S.CO2/c1-5-15-32-24-11-12-26(41(4,38)39)31-27(24)28-25(18-23(19-33-28)29-20(2)34-35-36(29)3)37(31)30(21-9-7-6-8-10-21)22-13-16-40-17-14-22;2-1-3/h6-12,18-19,22,30,32H,5,13-17H2,1-4H3;/t30-;/m1./s1. The van der Waals surface area contributed by atoms with Crippen molar-refractivity contribution >= 4 is 43.6 Å². The molecular weight excluding hydrogens is 580 g/mol. The van der Waals surface area contributed by atoms with Gasteiger partial charge in [0.25, 0.3) is 0 Å². The highest BCUT2D eigenvalue weighted by molar-refractivity contribution is 7.91. The molecule has 2 aromatic carbocycles. The van der Waals surface area contributed by atoms with Gasteiger partial charge < -0.3 is 14.6 Å². The summed E-state index contributed by atoms with van der Waals surface area (Å²) in [6, 6.07) is 16.0. The monoisotopic (exact) mass is 616 g/mol. The molecule has 6 rings (SSSR count). The zero-order chi connectivity index (χ0) is 31.4. The molecular formula is C32H36N6O5S. The maximum atomic E-state index is 13.4. The SMILES string of the molecule is CCCNc1ccc(S(C)(=O)=O)c2c1c1ncc(-c3c(C)nnn3C)cc1n2[C@H](c1ccccc1)C1CCOCC1.O=C=O. The van der Waals surface area contributed by atoms with Crippen molar-refractivity contribution in [1.29, 1.82) is 0 Å². The van der Waals surface area contributed by atoms with Crippen LogP contribution in [0.5, 0.6) is 0 Å². The Morgan fingerprint density at radius 2 is 1.82 bits per heavy atom. The summed E-state index contributed by atoms with van der Waals surface area (Å²) in [5, 5.41) is 12.9. The van der Waals surface area contributed by atoms with E-state index in [4.69, 9.17) is 19.3 Å². The highest BCUT2D eigenvalue weighted by Gasteiger charge is 2.33. The summed E-state index contributed by atoms with van der Waals surface area (Å²) in [4.78, 5) is 21.6. The lowest BCUT2D eigenvalue weighted by atomic mass is 9.86. The lowest BCUT2D eigenvalue weighted by Gasteiger charge is -2.33. The number of carbonyl (C=O) groups excluding carboxylic acids is 2. The van der Waals surface area contributed by atoms with Gasteiger partial charge >= 0.3 is 6.15 Å². The van der Waals surface area contributed by atoms with Crippen LogP contribution in [0.3, 0.4) is 0 Å². The second kappa shape index (κ2) is 13.1. The first-order valence-electron chi connectivity index (χ1n) is 14.6. The predicted octanol–water partition coefficient (Wildman–Crippen LogP) is 4.95. The number of benzene rings is 2. The maximum Gasteiger partial charge on any atom is 0.373 e. The normalized spacial score (nSPS) is 14.6. The van der Waals surface area contributed by atoms with Crippen LogP contribution >= 0.6 is 0 Å². The van der Waals surface area contributed by atoms with Gasteiger partial charge in [-0.05, 0) is 55.9 Å². The van der Waals surface area contributed by atoms with Gasteiger partial charge in [0.15, 0.2) is 9.84 Å². The Labute approximate surface area is 256 Å². The lowest BCUT2D eigenvalue weighted by molar-refractivity contribution is -0.191. The molecule has 0 radical (unpaired) electrons. The fourth-order valence-electron chi connectivity index (χ4n) is 6.30. The number of ether oxygens (including phenoxy) is 1. The number of nitrogens with zero attached hydrogens (tertiary/aromatic N) is 5. The van der Waals surface area contributed by atoms with Gasteiger partial charge in [-0.15, -0.1) is 5.10 Å². The third-order valence-electron chi connectivity index (χ3n) is 8.11. The second-order valence-electron chi connectivity index (χ2n) is 11.0. The summed E-state index contributed by atoms with van der Waals surface area (Å²) in [5.41, 5.74) is 6.93. The zero-order valence-electron chi connectivity index (χ0n) is 25.3. The Kier molecular flexibility index (Phi) is 9.24. The van der Waals surface area contributed by atoms with Gasteiger partial charge in [0, 0.05) is 50.5 Å². The van der Waals surface area contributed by atoms with Gasteiger partial charge in [-0.2, -0.15) is 9.59 Å². The molecule has 11 nitrogen and oxygen atoms in total. The van der Waals surface area contributed by atoms with E-state index in [2.05, 4.69) is 57.5 Å². The van der Waals surface area contributed by atoms with Crippen LogP contribution in [0.25, 0.3) is 33.2 Å². The van der Waals surface area contributed by atoms with E-state index < -0.39 is 9.84 Å². The van der Waals surface area contributed by atoms with E-state index >= 15 is 0 Å². The molecule has 1 fully saturated rings. The first-order valence-corrected chi connectivity index (χ1v) is 16.5. The van der Waals surface area contributed by atoms with Crippen LogP contribution in [-0.4, -0.2) is 65.1 Å². The molecule has 1 N–H and O–H groups in total. The van der Waals surface area contributed by atoms with Crippen LogP contribution in [0, 0.1) is 12.8 Å². The molecule has 0 saturated carbocycles. The molecule has 0 bridgehead atoms. The highest BCUT2D eigenvalue weighted by atomic mass is 32.2. The average Bonchev–Trinajstić information content (AvgIpc) is 3.53. The first-order chi connectivity index (χ1) is 21.2. The summed E-state index contributed by atoms with van der Waals surface area (Å²) in [6.45, 7) is 6.17. The lowest BCUT2D eigenvalue weighted by Crippen LogP contribution is -2.27. The minimum absolute atomic E-state index is 0.121. The van der Waals surface area contributed by atoms with Crippen LogP contribution in [-0.2, 0) is 31.2 Å². The minimum Gasteiger partial charge on any atom is -0.384 e. The van der Waals surface area contributed by atoms with Crippen LogP contribution in [0.1, 0.15) is 43.5 Å². The third kappa shape index (κ3) is 5.88. The van der Waals surface area contributed by atoms with E-state index in [1.807, 2.05) is 32.3 Å². The Bertz CT molecular complexity index is 1900. The minimum atomic E-state index is -3.58. The van der Waals surface area contributed by atoms with E-state index in [0.29, 0.717) is 23.6 Å². The molecule has 0 spiro atoms. The molecule has 1 saturated heterocycles. The zero-order valence-corrected chi connectivity index (χ0v) is 26.1. The Balaban J connectivity index is 0.00000123. The number of anilines is 1.